The minimum Gasteiger partial charge on any atom is -0.354 e. The standard InChI is InChI=1S/C14H15N7/c1-3-16-13-18-12(11-4-5-17-10(2)8-11)19-14(20-13)21-7-6-15-9-21/h4-9H,3H2,1-2H3,(H,16,18,19,20). The highest BCUT2D eigenvalue weighted by atomic mass is 15.2. The van der Waals surface area contributed by atoms with E-state index in [0.717, 1.165) is 17.8 Å². The van der Waals surface area contributed by atoms with Crippen molar-refractivity contribution >= 4 is 5.95 Å². The van der Waals surface area contributed by atoms with E-state index in [2.05, 4.69) is 30.2 Å². The molecule has 0 saturated heterocycles. The van der Waals surface area contributed by atoms with Gasteiger partial charge < -0.3 is 5.32 Å². The number of anilines is 1. The number of pyridine rings is 1. The summed E-state index contributed by atoms with van der Waals surface area (Å²) in [6.45, 7) is 4.67. The fourth-order valence-electron chi connectivity index (χ4n) is 1.91. The van der Waals surface area contributed by atoms with Gasteiger partial charge in [-0.1, -0.05) is 0 Å². The summed E-state index contributed by atoms with van der Waals surface area (Å²) in [5.74, 6) is 1.68. The molecule has 21 heavy (non-hydrogen) atoms. The van der Waals surface area contributed by atoms with Gasteiger partial charge in [0.05, 0.1) is 0 Å². The third-order valence-corrected chi connectivity index (χ3v) is 2.85. The number of nitrogens with zero attached hydrogens (tertiary/aromatic N) is 6. The smallest absolute Gasteiger partial charge is 0.240 e. The number of aryl methyl sites for hydroxylation is 1. The van der Waals surface area contributed by atoms with E-state index in [9.17, 15) is 0 Å². The Hall–Kier alpha value is -2.83. The van der Waals surface area contributed by atoms with E-state index in [1.54, 1.807) is 29.5 Å². The normalized spacial score (nSPS) is 10.6. The van der Waals surface area contributed by atoms with Crippen molar-refractivity contribution in [1.82, 2.24) is 29.5 Å². The average Bonchev–Trinajstić information content (AvgIpc) is 3.01. The summed E-state index contributed by atoms with van der Waals surface area (Å²) < 4.78 is 1.75. The average molecular weight is 281 g/mol. The van der Waals surface area contributed by atoms with Gasteiger partial charge >= 0.3 is 0 Å². The van der Waals surface area contributed by atoms with Crippen molar-refractivity contribution < 1.29 is 0 Å². The molecule has 0 atom stereocenters. The van der Waals surface area contributed by atoms with Crippen LogP contribution in [-0.4, -0.2) is 36.0 Å². The van der Waals surface area contributed by atoms with E-state index < -0.39 is 0 Å². The molecular formula is C14H15N7. The first-order valence-corrected chi connectivity index (χ1v) is 6.67. The van der Waals surface area contributed by atoms with Crippen LogP contribution in [0.2, 0.25) is 0 Å². The SMILES string of the molecule is CCNc1nc(-c2ccnc(C)c2)nc(-n2ccnc2)n1. The minimum absolute atomic E-state index is 0.530. The summed E-state index contributed by atoms with van der Waals surface area (Å²) in [4.78, 5) is 21.6. The van der Waals surface area contributed by atoms with Crippen LogP contribution >= 0.6 is 0 Å². The molecule has 1 N–H and O–H groups in total. The number of hydrogen-bond acceptors (Lipinski definition) is 6. The first kappa shape index (κ1) is 13.2. The molecule has 0 fully saturated rings. The molecule has 3 rings (SSSR count). The zero-order valence-electron chi connectivity index (χ0n) is 11.9. The lowest BCUT2D eigenvalue weighted by Gasteiger charge is -2.08. The second kappa shape index (κ2) is 5.66. The zero-order chi connectivity index (χ0) is 14.7. The van der Waals surface area contributed by atoms with Crippen LogP contribution in [0, 0.1) is 6.92 Å². The summed E-state index contributed by atoms with van der Waals surface area (Å²) in [7, 11) is 0. The topological polar surface area (TPSA) is 81.4 Å². The Morgan fingerprint density at radius 3 is 2.81 bits per heavy atom. The quantitative estimate of drug-likeness (QED) is 0.786. The summed E-state index contributed by atoms with van der Waals surface area (Å²) >= 11 is 0. The van der Waals surface area contributed by atoms with E-state index in [-0.39, 0.29) is 0 Å². The third-order valence-electron chi connectivity index (χ3n) is 2.85. The van der Waals surface area contributed by atoms with E-state index in [1.807, 2.05) is 26.0 Å². The molecule has 0 saturated carbocycles. The van der Waals surface area contributed by atoms with Crippen LogP contribution in [0.1, 0.15) is 12.6 Å². The maximum Gasteiger partial charge on any atom is 0.240 e. The highest BCUT2D eigenvalue weighted by molar-refractivity contribution is 5.56. The molecule has 0 bridgehead atoms. The Morgan fingerprint density at radius 1 is 1.19 bits per heavy atom. The monoisotopic (exact) mass is 281 g/mol. The van der Waals surface area contributed by atoms with Crippen LogP contribution in [-0.2, 0) is 0 Å². The van der Waals surface area contributed by atoms with Crippen LogP contribution in [0.25, 0.3) is 17.3 Å². The highest BCUT2D eigenvalue weighted by Gasteiger charge is 2.09. The molecule has 3 heterocycles. The predicted octanol–water partition coefficient (Wildman–Crippen LogP) is 1.86. The Kier molecular flexibility index (Phi) is 3.55. The molecule has 0 unspecified atom stereocenters. The molecule has 7 nitrogen and oxygen atoms in total. The highest BCUT2D eigenvalue weighted by Crippen LogP contribution is 2.17. The Balaban J connectivity index is 2.11. The fourth-order valence-corrected chi connectivity index (χ4v) is 1.91. The summed E-state index contributed by atoms with van der Waals surface area (Å²) in [5, 5.41) is 3.12. The van der Waals surface area contributed by atoms with Crippen molar-refractivity contribution in [3.05, 3.63) is 42.7 Å². The van der Waals surface area contributed by atoms with Gasteiger partial charge in [-0.15, -0.1) is 0 Å². The van der Waals surface area contributed by atoms with Crippen molar-refractivity contribution in [1.29, 1.82) is 0 Å². The van der Waals surface area contributed by atoms with E-state index in [4.69, 9.17) is 0 Å². The Labute approximate surface area is 122 Å². The largest absolute Gasteiger partial charge is 0.354 e. The molecule has 0 spiro atoms. The molecule has 0 aliphatic rings. The number of imidazole rings is 1. The van der Waals surface area contributed by atoms with E-state index in [1.165, 1.54) is 0 Å². The van der Waals surface area contributed by atoms with Gasteiger partial charge in [0.1, 0.15) is 6.33 Å². The van der Waals surface area contributed by atoms with Gasteiger partial charge in [-0.05, 0) is 26.0 Å². The van der Waals surface area contributed by atoms with Gasteiger partial charge in [-0.3, -0.25) is 9.55 Å². The first-order valence-electron chi connectivity index (χ1n) is 6.67. The molecule has 0 aromatic carbocycles. The lowest BCUT2D eigenvalue weighted by Crippen LogP contribution is -2.09. The lowest BCUT2D eigenvalue weighted by molar-refractivity contribution is 0.896. The second-order valence-electron chi connectivity index (χ2n) is 4.47. The first-order chi connectivity index (χ1) is 10.3. The Bertz CT molecular complexity index is 737. The van der Waals surface area contributed by atoms with Crippen molar-refractivity contribution in [3.63, 3.8) is 0 Å². The molecule has 0 amide bonds. The van der Waals surface area contributed by atoms with Gasteiger partial charge in [0.15, 0.2) is 5.82 Å². The molecular weight excluding hydrogens is 266 g/mol. The van der Waals surface area contributed by atoms with Crippen LogP contribution in [0.15, 0.2) is 37.1 Å². The van der Waals surface area contributed by atoms with Crippen LogP contribution in [0.4, 0.5) is 5.95 Å². The van der Waals surface area contributed by atoms with Crippen molar-refractivity contribution in [2.45, 2.75) is 13.8 Å². The van der Waals surface area contributed by atoms with E-state index >= 15 is 0 Å². The van der Waals surface area contributed by atoms with Gasteiger partial charge in [0.25, 0.3) is 0 Å². The van der Waals surface area contributed by atoms with Gasteiger partial charge in [-0.25, -0.2) is 4.98 Å². The fraction of sp³-hybridized carbons (Fsp3) is 0.214. The van der Waals surface area contributed by atoms with Crippen molar-refractivity contribution in [2.24, 2.45) is 0 Å². The molecule has 3 aromatic heterocycles. The van der Waals surface area contributed by atoms with Crippen molar-refractivity contribution in [2.75, 3.05) is 11.9 Å². The van der Waals surface area contributed by atoms with Crippen LogP contribution < -0.4 is 5.32 Å². The van der Waals surface area contributed by atoms with Gasteiger partial charge in [0, 0.05) is 36.4 Å². The maximum absolute atomic E-state index is 4.50. The van der Waals surface area contributed by atoms with Crippen LogP contribution in [0.3, 0.4) is 0 Å². The predicted molar refractivity (Wildman–Crippen MR) is 79.1 cm³/mol. The number of rotatable bonds is 4. The third kappa shape index (κ3) is 2.86. The number of aromatic nitrogens is 6. The minimum atomic E-state index is 0.530. The second-order valence-corrected chi connectivity index (χ2v) is 4.47. The maximum atomic E-state index is 4.50. The Morgan fingerprint density at radius 2 is 2.10 bits per heavy atom. The summed E-state index contributed by atoms with van der Waals surface area (Å²) in [6.07, 6.45) is 6.89. The molecule has 3 aromatic rings. The molecule has 7 heteroatoms. The van der Waals surface area contributed by atoms with E-state index in [0.29, 0.717) is 17.7 Å². The zero-order valence-corrected chi connectivity index (χ0v) is 11.9. The molecule has 0 radical (unpaired) electrons. The molecule has 106 valence electrons. The molecule has 0 aliphatic heterocycles. The summed E-state index contributed by atoms with van der Waals surface area (Å²) in [6, 6.07) is 3.83. The van der Waals surface area contributed by atoms with Crippen molar-refractivity contribution in [3.8, 4) is 17.3 Å². The van der Waals surface area contributed by atoms with Gasteiger partial charge in [0.2, 0.25) is 11.9 Å². The van der Waals surface area contributed by atoms with Crippen LogP contribution in [0.5, 0.6) is 0 Å². The van der Waals surface area contributed by atoms with Gasteiger partial charge in [-0.2, -0.15) is 15.0 Å². The number of nitrogens with one attached hydrogen (secondary N) is 1. The lowest BCUT2D eigenvalue weighted by atomic mass is 10.2. The molecule has 0 aliphatic carbocycles. The summed E-state index contributed by atoms with van der Waals surface area (Å²) in [5.41, 5.74) is 1.83. The number of hydrogen-bond donors (Lipinski definition) is 1.